The van der Waals surface area contributed by atoms with Crippen LogP contribution >= 0.6 is 34.5 Å². The molecule has 2 aromatic carbocycles. The average Bonchev–Trinajstić information content (AvgIpc) is 3.62. The molecule has 6 rings (SSSR count). The van der Waals surface area contributed by atoms with Crippen molar-refractivity contribution in [3.8, 4) is 16.8 Å². The molecule has 4 aromatic rings. The lowest BCUT2D eigenvalue weighted by molar-refractivity contribution is -0.123. The Morgan fingerprint density at radius 1 is 1.04 bits per heavy atom. The molecule has 0 spiro atoms. The Morgan fingerprint density at radius 2 is 1.74 bits per heavy atom. The van der Waals surface area contributed by atoms with E-state index < -0.39 is 17.1 Å². The van der Waals surface area contributed by atoms with E-state index in [2.05, 4.69) is 40.7 Å². The summed E-state index contributed by atoms with van der Waals surface area (Å²) in [6, 6.07) is 14.3. The number of alkyl halides is 1. The molecular formula is C41H47Cl2N9O4S. The van der Waals surface area contributed by atoms with Crippen molar-refractivity contribution in [2.75, 3.05) is 41.9 Å². The van der Waals surface area contributed by atoms with Crippen molar-refractivity contribution in [1.29, 1.82) is 5.26 Å². The van der Waals surface area contributed by atoms with E-state index in [1.165, 1.54) is 4.90 Å². The van der Waals surface area contributed by atoms with Gasteiger partial charge in [0.05, 0.1) is 43.4 Å². The van der Waals surface area contributed by atoms with Crippen LogP contribution in [0.5, 0.6) is 5.75 Å². The number of hydrogen-bond acceptors (Lipinski definition) is 10. The second kappa shape index (κ2) is 16.9. The van der Waals surface area contributed by atoms with Gasteiger partial charge in [-0.15, -0.1) is 33.1 Å². The number of fused-ring (bicyclic) bond motifs is 4. The summed E-state index contributed by atoms with van der Waals surface area (Å²) >= 11 is 13.8. The summed E-state index contributed by atoms with van der Waals surface area (Å²) in [5, 5.41) is 26.0. The second-order valence-electron chi connectivity index (χ2n) is 15.7. The van der Waals surface area contributed by atoms with Crippen LogP contribution in [0, 0.1) is 32.1 Å². The minimum Gasteiger partial charge on any atom is -0.489 e. The highest BCUT2D eigenvalue weighted by atomic mass is 35.5. The Kier molecular flexibility index (Phi) is 12.3. The summed E-state index contributed by atoms with van der Waals surface area (Å²) in [6.45, 7) is 14.9. The van der Waals surface area contributed by atoms with Crippen molar-refractivity contribution < 1.29 is 19.1 Å². The van der Waals surface area contributed by atoms with Crippen LogP contribution in [0.3, 0.4) is 0 Å². The third-order valence-electron chi connectivity index (χ3n) is 9.99. The molecule has 16 heteroatoms. The van der Waals surface area contributed by atoms with Crippen LogP contribution in [0.4, 0.5) is 11.4 Å². The van der Waals surface area contributed by atoms with Gasteiger partial charge in [0.15, 0.2) is 5.82 Å². The molecule has 300 valence electrons. The fraction of sp³-hybridized carbons (Fsp3) is 0.439. The molecule has 3 amide bonds. The van der Waals surface area contributed by atoms with Crippen molar-refractivity contribution in [2.45, 2.75) is 84.8 Å². The number of thiophene rings is 1. The van der Waals surface area contributed by atoms with Gasteiger partial charge in [-0.3, -0.25) is 23.9 Å². The Morgan fingerprint density at radius 3 is 2.42 bits per heavy atom. The highest BCUT2D eigenvalue weighted by Crippen LogP contribution is 2.40. The number of halogens is 2. The molecule has 0 saturated heterocycles. The van der Waals surface area contributed by atoms with Crippen LogP contribution in [0.2, 0.25) is 5.02 Å². The van der Waals surface area contributed by atoms with Gasteiger partial charge in [0.2, 0.25) is 17.7 Å². The van der Waals surface area contributed by atoms with E-state index in [4.69, 9.17) is 38.2 Å². The number of nitrogens with zero attached hydrogens (tertiary/aromatic N) is 7. The van der Waals surface area contributed by atoms with Gasteiger partial charge >= 0.3 is 0 Å². The predicted molar refractivity (Wildman–Crippen MR) is 224 cm³/mol. The van der Waals surface area contributed by atoms with E-state index in [0.717, 1.165) is 38.0 Å². The molecule has 0 aliphatic carbocycles. The zero-order valence-electron chi connectivity index (χ0n) is 33.2. The SMILES string of the molecule is Cc1sc2c(c1C)C(c1ccc(Cl)cc1)=N[C@@H](CC(=O)NC(C)(C)CC(C)(C)NC(=O)CN1CCOc3cc(N(CCC#N)C(=O)CCl)ccc31)c1nnc(C)n1-2. The van der Waals surface area contributed by atoms with Crippen molar-refractivity contribution >= 4 is 69.3 Å². The Balaban J connectivity index is 1.14. The second-order valence-corrected chi connectivity index (χ2v) is 17.6. The number of nitriles is 1. The van der Waals surface area contributed by atoms with Gasteiger partial charge in [0.25, 0.3) is 0 Å². The van der Waals surface area contributed by atoms with Crippen LogP contribution in [-0.4, -0.2) is 81.4 Å². The maximum Gasteiger partial charge on any atom is 0.241 e. The summed E-state index contributed by atoms with van der Waals surface area (Å²) in [5.74, 6) is 0.913. The smallest absolute Gasteiger partial charge is 0.241 e. The number of rotatable bonds is 13. The number of carbonyl (C=O) groups excluding carboxylic acids is 3. The minimum absolute atomic E-state index is 0.0344. The van der Waals surface area contributed by atoms with Gasteiger partial charge in [-0.05, 0) is 84.7 Å². The van der Waals surface area contributed by atoms with E-state index in [1.807, 2.05) is 74.4 Å². The van der Waals surface area contributed by atoms with Crippen molar-refractivity contribution in [3.05, 3.63) is 80.7 Å². The molecule has 0 radical (unpaired) electrons. The van der Waals surface area contributed by atoms with E-state index in [-0.39, 0.29) is 49.5 Å². The van der Waals surface area contributed by atoms with E-state index in [0.29, 0.717) is 47.7 Å². The molecule has 2 N–H and O–H groups in total. The third-order valence-corrected chi connectivity index (χ3v) is 11.7. The number of aryl methyl sites for hydroxylation is 2. The highest BCUT2D eigenvalue weighted by molar-refractivity contribution is 7.15. The molecular weight excluding hydrogens is 785 g/mol. The fourth-order valence-electron chi connectivity index (χ4n) is 7.75. The third kappa shape index (κ3) is 9.27. The molecule has 0 unspecified atom stereocenters. The topological polar surface area (TPSA) is 158 Å². The summed E-state index contributed by atoms with van der Waals surface area (Å²) in [4.78, 5) is 49.8. The van der Waals surface area contributed by atoms with Crippen molar-refractivity contribution in [2.24, 2.45) is 4.99 Å². The van der Waals surface area contributed by atoms with Crippen molar-refractivity contribution in [1.82, 2.24) is 25.4 Å². The van der Waals surface area contributed by atoms with E-state index >= 15 is 0 Å². The predicted octanol–water partition coefficient (Wildman–Crippen LogP) is 6.75. The quantitative estimate of drug-likeness (QED) is 0.140. The lowest BCUT2D eigenvalue weighted by Gasteiger charge is -2.37. The van der Waals surface area contributed by atoms with E-state index in [9.17, 15) is 14.4 Å². The summed E-state index contributed by atoms with van der Waals surface area (Å²) in [7, 11) is 0. The first-order valence-corrected chi connectivity index (χ1v) is 20.5. The number of nitrogens with one attached hydrogen (secondary N) is 2. The van der Waals surface area contributed by atoms with Gasteiger partial charge in [-0.1, -0.05) is 23.7 Å². The molecule has 4 heterocycles. The van der Waals surface area contributed by atoms with E-state index in [1.54, 1.807) is 23.5 Å². The first-order valence-electron chi connectivity index (χ1n) is 18.7. The van der Waals surface area contributed by atoms with Gasteiger partial charge in [-0.25, -0.2) is 0 Å². The van der Waals surface area contributed by atoms with Crippen LogP contribution in [0.25, 0.3) is 5.00 Å². The number of carbonyl (C=O) groups is 3. The number of ether oxygens (including phenoxy) is 1. The zero-order valence-corrected chi connectivity index (χ0v) is 35.5. The molecule has 0 fully saturated rings. The average molecular weight is 833 g/mol. The van der Waals surface area contributed by atoms with Crippen LogP contribution < -0.4 is 25.2 Å². The maximum absolute atomic E-state index is 13.9. The number of anilines is 2. The standard InChI is InChI=1S/C41H47Cl2N9O4S/c1-24-25(2)57-39-36(24)37(27-9-11-28(43)12-10-27)45-30(38-49-48-26(3)52(38)39)20-33(53)46-40(4,5)23-41(6,7)47-34(54)22-50-17-18-56-32-19-29(13-14-31(32)50)51(16-8-15-44)35(55)21-42/h9-14,19,30H,8,16-18,20-23H2,1-7H3,(H,46,53)(H,47,54)/t30-/m0/s1. The Labute approximate surface area is 347 Å². The van der Waals surface area contributed by atoms with Gasteiger partial charge in [0, 0.05) is 50.4 Å². The Bertz CT molecular complexity index is 2260. The lowest BCUT2D eigenvalue weighted by Crippen LogP contribution is -2.55. The molecule has 2 aromatic heterocycles. The normalized spacial score (nSPS) is 14.9. The number of aromatic nitrogens is 3. The molecule has 0 bridgehead atoms. The Hall–Kier alpha value is -4.97. The number of benzene rings is 2. The van der Waals surface area contributed by atoms with Gasteiger partial charge in [0.1, 0.15) is 35.1 Å². The molecule has 1 atom stereocenters. The fourth-order valence-corrected chi connectivity index (χ4v) is 9.23. The van der Waals surface area contributed by atoms with Crippen LogP contribution in [0.1, 0.15) is 86.2 Å². The number of amides is 3. The summed E-state index contributed by atoms with van der Waals surface area (Å²) in [5.41, 5.74) is 3.65. The van der Waals surface area contributed by atoms with Gasteiger partial charge in [-0.2, -0.15) is 5.26 Å². The highest BCUT2D eigenvalue weighted by Gasteiger charge is 2.36. The molecule has 2 aliphatic heterocycles. The molecule has 57 heavy (non-hydrogen) atoms. The number of hydrogen-bond donors (Lipinski definition) is 2. The number of aliphatic imine (C=N–C) groups is 1. The van der Waals surface area contributed by atoms with Crippen molar-refractivity contribution in [3.63, 3.8) is 0 Å². The van der Waals surface area contributed by atoms with Gasteiger partial charge < -0.3 is 25.2 Å². The largest absolute Gasteiger partial charge is 0.489 e. The molecule has 13 nitrogen and oxygen atoms in total. The van der Waals surface area contributed by atoms with Crippen LogP contribution in [-0.2, 0) is 14.4 Å². The summed E-state index contributed by atoms with van der Waals surface area (Å²) in [6.07, 6.45) is 0.624. The van der Waals surface area contributed by atoms with Crippen LogP contribution in [0.15, 0.2) is 47.5 Å². The molecule has 2 aliphatic rings. The maximum atomic E-state index is 13.9. The zero-order chi connectivity index (χ0) is 41.2. The first-order chi connectivity index (χ1) is 27.0. The summed E-state index contributed by atoms with van der Waals surface area (Å²) < 4.78 is 7.94. The molecule has 0 saturated carbocycles. The lowest BCUT2D eigenvalue weighted by atomic mass is 9.86. The monoisotopic (exact) mass is 831 g/mol. The first kappa shape index (κ1) is 41.7. The minimum atomic E-state index is -0.711.